The Hall–Kier alpha value is -2.41. The monoisotopic (exact) mass is 391 g/mol. The van der Waals surface area contributed by atoms with E-state index in [2.05, 4.69) is 10.2 Å². The maximum Gasteiger partial charge on any atom is 0.407 e. The molecular weight excluding hydrogens is 373 g/mol. The number of aromatic nitrogens is 2. The van der Waals surface area contributed by atoms with Gasteiger partial charge in [0.15, 0.2) is 0 Å². The maximum absolute atomic E-state index is 13.4. The number of amides is 1. The van der Waals surface area contributed by atoms with Gasteiger partial charge in [-0.25, -0.2) is 9.18 Å². The molecule has 1 atom stereocenters. The molecule has 2 fully saturated rings. The third-order valence-corrected chi connectivity index (χ3v) is 5.99. The fraction of sp³-hybridized carbons (Fsp3) is 0.421. The van der Waals surface area contributed by atoms with E-state index in [0.717, 1.165) is 19.3 Å². The minimum Gasteiger partial charge on any atom is -0.476 e. The van der Waals surface area contributed by atoms with Gasteiger partial charge in [0.1, 0.15) is 5.82 Å². The summed E-state index contributed by atoms with van der Waals surface area (Å²) >= 11 is 6.09. The van der Waals surface area contributed by atoms with Gasteiger partial charge in [-0.05, 0) is 54.9 Å². The van der Waals surface area contributed by atoms with Gasteiger partial charge in [-0.3, -0.25) is 0 Å². The van der Waals surface area contributed by atoms with E-state index in [1.165, 1.54) is 23.1 Å². The maximum atomic E-state index is 13.4. The zero-order chi connectivity index (χ0) is 19.0. The van der Waals surface area contributed by atoms with Crippen molar-refractivity contribution in [1.29, 1.82) is 0 Å². The number of carboxylic acid groups (broad SMARTS) is 1. The van der Waals surface area contributed by atoms with E-state index in [1.54, 1.807) is 12.1 Å². The number of benzene rings is 1. The summed E-state index contributed by atoms with van der Waals surface area (Å²) in [6.45, 7) is 1.73. The fourth-order valence-corrected chi connectivity index (χ4v) is 4.06. The summed E-state index contributed by atoms with van der Waals surface area (Å²) in [5.74, 6) is 0.452. The first-order valence-corrected chi connectivity index (χ1v) is 9.24. The molecular formula is C19H19ClFN3O3. The summed E-state index contributed by atoms with van der Waals surface area (Å²) in [6.07, 6.45) is 1.99. The van der Waals surface area contributed by atoms with Crippen LogP contribution >= 0.6 is 11.6 Å². The van der Waals surface area contributed by atoms with E-state index in [1.807, 2.05) is 0 Å². The zero-order valence-electron chi connectivity index (χ0n) is 14.6. The van der Waals surface area contributed by atoms with Gasteiger partial charge in [0.2, 0.25) is 5.88 Å². The van der Waals surface area contributed by atoms with Crippen LogP contribution in [0.5, 0.6) is 5.88 Å². The molecule has 8 heteroatoms. The van der Waals surface area contributed by atoms with Gasteiger partial charge in [0.25, 0.3) is 0 Å². The lowest BCUT2D eigenvalue weighted by Gasteiger charge is -2.30. The number of ether oxygens (including phenoxy) is 1. The van der Waals surface area contributed by atoms with Gasteiger partial charge >= 0.3 is 6.09 Å². The van der Waals surface area contributed by atoms with Crippen LogP contribution in [0, 0.1) is 17.2 Å². The molecule has 0 bridgehead atoms. The Kier molecular flexibility index (Phi) is 4.63. The first-order valence-electron chi connectivity index (χ1n) is 8.87. The Morgan fingerprint density at radius 1 is 1.30 bits per heavy atom. The van der Waals surface area contributed by atoms with Crippen LogP contribution in [0.15, 0.2) is 30.3 Å². The minimum atomic E-state index is -0.841. The average Bonchev–Trinajstić information content (AvgIpc) is 3.34. The van der Waals surface area contributed by atoms with Crippen LogP contribution in [0.25, 0.3) is 11.3 Å². The Balaban J connectivity index is 1.33. The number of likely N-dealkylation sites (tertiary alicyclic amines) is 1. The lowest BCUT2D eigenvalue weighted by atomic mass is 9.91. The highest BCUT2D eigenvalue weighted by Crippen LogP contribution is 2.59. The molecule has 0 radical (unpaired) electrons. The van der Waals surface area contributed by atoms with Gasteiger partial charge in [0, 0.05) is 24.7 Å². The molecule has 1 aliphatic carbocycles. The van der Waals surface area contributed by atoms with Crippen LogP contribution in [-0.2, 0) is 0 Å². The van der Waals surface area contributed by atoms with Crippen molar-refractivity contribution in [3.63, 3.8) is 0 Å². The number of piperidine rings is 1. The smallest absolute Gasteiger partial charge is 0.407 e. The van der Waals surface area contributed by atoms with Crippen molar-refractivity contribution in [1.82, 2.24) is 15.1 Å². The van der Waals surface area contributed by atoms with Crippen molar-refractivity contribution in [3.05, 3.63) is 41.2 Å². The van der Waals surface area contributed by atoms with Crippen LogP contribution in [0.3, 0.4) is 0 Å². The van der Waals surface area contributed by atoms with Crippen LogP contribution in [0.1, 0.15) is 19.3 Å². The highest BCUT2D eigenvalue weighted by atomic mass is 35.5. The normalized spacial score (nSPS) is 20.5. The van der Waals surface area contributed by atoms with Crippen LogP contribution in [0.4, 0.5) is 9.18 Å². The molecule has 2 aromatic rings. The number of nitrogens with zero attached hydrogens (tertiary/aromatic N) is 3. The standard InChI is InChI=1S/C19H19ClFN3O3/c20-15-2-1-13(21)9-14(15)16-3-4-17(23-22-16)27-11-12-10-19(12)5-7-24(8-6-19)18(25)26/h1-4,9,12H,5-8,10-11H2,(H,25,26). The van der Waals surface area contributed by atoms with Crippen molar-refractivity contribution in [2.75, 3.05) is 19.7 Å². The van der Waals surface area contributed by atoms with Crippen LogP contribution in [-0.4, -0.2) is 46.0 Å². The Labute approximate surface area is 160 Å². The fourth-order valence-electron chi connectivity index (χ4n) is 3.84. The predicted octanol–water partition coefficient (Wildman–Crippen LogP) is 4.10. The van der Waals surface area contributed by atoms with E-state index in [0.29, 0.717) is 47.8 Å². The number of rotatable bonds is 4. The zero-order valence-corrected chi connectivity index (χ0v) is 15.3. The quantitative estimate of drug-likeness (QED) is 0.849. The van der Waals surface area contributed by atoms with Gasteiger partial charge < -0.3 is 14.7 Å². The number of halogens is 2. The van der Waals surface area contributed by atoms with Crippen molar-refractivity contribution >= 4 is 17.7 Å². The summed E-state index contributed by atoms with van der Waals surface area (Å²) in [7, 11) is 0. The number of hydrogen-bond donors (Lipinski definition) is 1. The molecule has 1 spiro atoms. The molecule has 1 aromatic carbocycles. The molecule has 1 unspecified atom stereocenters. The third kappa shape index (κ3) is 3.69. The summed E-state index contributed by atoms with van der Waals surface area (Å²) in [5.41, 5.74) is 1.19. The van der Waals surface area contributed by atoms with Crippen molar-refractivity contribution in [2.45, 2.75) is 19.3 Å². The predicted molar refractivity (Wildman–Crippen MR) is 97.3 cm³/mol. The minimum absolute atomic E-state index is 0.217. The molecule has 4 rings (SSSR count). The van der Waals surface area contributed by atoms with E-state index in [4.69, 9.17) is 21.4 Å². The van der Waals surface area contributed by atoms with Crippen LogP contribution in [0.2, 0.25) is 5.02 Å². The summed E-state index contributed by atoms with van der Waals surface area (Å²) in [4.78, 5) is 12.5. The van der Waals surface area contributed by atoms with Crippen molar-refractivity contribution in [3.8, 4) is 17.1 Å². The highest BCUT2D eigenvalue weighted by Gasteiger charge is 2.55. The molecule has 1 aromatic heterocycles. The Morgan fingerprint density at radius 3 is 2.74 bits per heavy atom. The van der Waals surface area contributed by atoms with E-state index in [-0.39, 0.29) is 11.2 Å². The SMILES string of the molecule is O=C(O)N1CCC2(CC1)CC2COc1ccc(-c2cc(F)ccc2Cl)nn1. The first-order chi connectivity index (χ1) is 13.0. The molecule has 1 aliphatic heterocycles. The lowest BCUT2D eigenvalue weighted by Crippen LogP contribution is -2.38. The molecule has 6 nitrogen and oxygen atoms in total. The van der Waals surface area contributed by atoms with Gasteiger partial charge in [-0.15, -0.1) is 10.2 Å². The molecule has 1 amide bonds. The topological polar surface area (TPSA) is 75.5 Å². The molecule has 142 valence electrons. The molecule has 1 N–H and O–H groups in total. The molecule has 2 aliphatic rings. The van der Waals surface area contributed by atoms with Gasteiger partial charge in [-0.1, -0.05) is 11.6 Å². The molecule has 2 heterocycles. The second-order valence-electron chi connectivity index (χ2n) is 7.23. The summed E-state index contributed by atoms with van der Waals surface area (Å²) in [6, 6.07) is 7.51. The Morgan fingerprint density at radius 2 is 2.07 bits per heavy atom. The highest BCUT2D eigenvalue weighted by molar-refractivity contribution is 6.33. The number of hydrogen-bond acceptors (Lipinski definition) is 4. The third-order valence-electron chi connectivity index (χ3n) is 5.67. The molecule has 27 heavy (non-hydrogen) atoms. The van der Waals surface area contributed by atoms with Gasteiger partial charge in [0.05, 0.1) is 17.3 Å². The molecule has 1 saturated carbocycles. The van der Waals surface area contributed by atoms with Crippen molar-refractivity contribution in [2.24, 2.45) is 11.3 Å². The second-order valence-corrected chi connectivity index (χ2v) is 7.63. The summed E-state index contributed by atoms with van der Waals surface area (Å²) < 4.78 is 19.2. The lowest BCUT2D eigenvalue weighted by molar-refractivity contribution is 0.114. The Bertz CT molecular complexity index is 854. The first kappa shape index (κ1) is 18.0. The van der Waals surface area contributed by atoms with E-state index < -0.39 is 6.09 Å². The second kappa shape index (κ2) is 6.96. The summed E-state index contributed by atoms with van der Waals surface area (Å²) in [5, 5.41) is 17.6. The molecule has 1 saturated heterocycles. The van der Waals surface area contributed by atoms with E-state index >= 15 is 0 Å². The van der Waals surface area contributed by atoms with Gasteiger partial charge in [-0.2, -0.15) is 0 Å². The average molecular weight is 392 g/mol. The number of carbonyl (C=O) groups is 1. The largest absolute Gasteiger partial charge is 0.476 e. The van der Waals surface area contributed by atoms with E-state index in [9.17, 15) is 9.18 Å². The van der Waals surface area contributed by atoms with Crippen molar-refractivity contribution < 1.29 is 19.0 Å². The van der Waals surface area contributed by atoms with Crippen LogP contribution < -0.4 is 4.74 Å².